The lowest BCUT2D eigenvalue weighted by atomic mass is 10.0. The van der Waals surface area contributed by atoms with Crippen LogP contribution in [-0.4, -0.2) is 58.1 Å². The van der Waals surface area contributed by atoms with Crippen LogP contribution in [0.2, 0.25) is 5.02 Å². The molecule has 2 aromatic heterocycles. The number of halogens is 2. The summed E-state index contributed by atoms with van der Waals surface area (Å²) in [7, 11) is 4.33. The summed E-state index contributed by atoms with van der Waals surface area (Å²) in [5.74, 6) is 0.653. The molecule has 0 N–H and O–H groups in total. The van der Waals surface area contributed by atoms with Gasteiger partial charge in [-0.3, -0.25) is 0 Å². The highest BCUT2D eigenvalue weighted by atomic mass is 35.5. The number of benzene rings is 2. The van der Waals surface area contributed by atoms with Gasteiger partial charge in [0.25, 0.3) is 0 Å². The molecule has 5 rings (SSSR count). The van der Waals surface area contributed by atoms with Crippen molar-refractivity contribution in [2.75, 3.05) is 32.1 Å². The standard InChI is InChI=1S/C29H30ClFN6/c1-36(2)24-11-15-37(16-12-24)25-6-3-20(4-7-25)17-28-32-13-9-22(34-28)19-23-10-14-33-29(35-23)26-18-21(30)5-8-27(26)31/h3-10,13-14,18,24H,11-12,15-17,19H2,1-2H3. The minimum Gasteiger partial charge on any atom is -0.371 e. The van der Waals surface area contributed by atoms with E-state index in [1.165, 1.54) is 42.3 Å². The predicted molar refractivity (Wildman–Crippen MR) is 145 cm³/mol. The van der Waals surface area contributed by atoms with Gasteiger partial charge in [-0.25, -0.2) is 24.3 Å². The van der Waals surface area contributed by atoms with Crippen molar-refractivity contribution in [2.45, 2.75) is 31.7 Å². The van der Waals surface area contributed by atoms with E-state index in [4.69, 9.17) is 16.6 Å². The van der Waals surface area contributed by atoms with Crippen molar-refractivity contribution in [1.82, 2.24) is 24.8 Å². The molecule has 1 aliphatic heterocycles. The van der Waals surface area contributed by atoms with Crippen LogP contribution < -0.4 is 4.90 Å². The van der Waals surface area contributed by atoms with Gasteiger partial charge in [-0.1, -0.05) is 23.7 Å². The van der Waals surface area contributed by atoms with Crippen molar-refractivity contribution in [3.63, 3.8) is 0 Å². The molecule has 0 bridgehead atoms. The van der Waals surface area contributed by atoms with E-state index in [9.17, 15) is 4.39 Å². The molecule has 190 valence electrons. The Balaban J connectivity index is 1.24. The molecule has 0 amide bonds. The molecule has 1 saturated heterocycles. The quantitative estimate of drug-likeness (QED) is 0.326. The Morgan fingerprint density at radius 3 is 2.32 bits per heavy atom. The van der Waals surface area contributed by atoms with Gasteiger partial charge >= 0.3 is 0 Å². The third kappa shape index (κ3) is 6.29. The van der Waals surface area contributed by atoms with Crippen LogP contribution in [0.15, 0.2) is 67.0 Å². The maximum Gasteiger partial charge on any atom is 0.162 e. The third-order valence-corrected chi connectivity index (χ3v) is 7.10. The largest absolute Gasteiger partial charge is 0.371 e. The zero-order chi connectivity index (χ0) is 25.8. The van der Waals surface area contributed by atoms with Gasteiger partial charge in [0, 0.05) is 55.1 Å². The summed E-state index contributed by atoms with van der Waals surface area (Å²) in [6.07, 6.45) is 6.94. The zero-order valence-electron chi connectivity index (χ0n) is 21.1. The van der Waals surface area contributed by atoms with Crippen LogP contribution in [-0.2, 0) is 12.8 Å². The van der Waals surface area contributed by atoms with E-state index < -0.39 is 5.82 Å². The van der Waals surface area contributed by atoms with E-state index >= 15 is 0 Å². The summed E-state index contributed by atoms with van der Waals surface area (Å²) < 4.78 is 14.3. The Kier molecular flexibility index (Phi) is 7.72. The minimum atomic E-state index is -0.407. The average Bonchev–Trinajstić information content (AvgIpc) is 2.91. The van der Waals surface area contributed by atoms with Gasteiger partial charge in [-0.05, 0) is 75.0 Å². The molecule has 3 heterocycles. The SMILES string of the molecule is CN(C)C1CCN(c2ccc(Cc3nccc(Cc4ccnc(-c5cc(Cl)ccc5F)n4)n3)cc2)CC1. The van der Waals surface area contributed by atoms with Crippen LogP contribution >= 0.6 is 11.6 Å². The third-order valence-electron chi connectivity index (χ3n) is 6.87. The smallest absolute Gasteiger partial charge is 0.162 e. The van der Waals surface area contributed by atoms with E-state index in [0.717, 1.165) is 30.3 Å². The maximum atomic E-state index is 14.3. The fourth-order valence-electron chi connectivity index (χ4n) is 4.75. The van der Waals surface area contributed by atoms with Crippen LogP contribution in [0.3, 0.4) is 0 Å². The van der Waals surface area contributed by atoms with Crippen LogP contribution in [0, 0.1) is 5.82 Å². The van der Waals surface area contributed by atoms with Gasteiger partial charge in [-0.15, -0.1) is 0 Å². The Morgan fingerprint density at radius 1 is 0.892 bits per heavy atom. The summed E-state index contributed by atoms with van der Waals surface area (Å²) in [6.45, 7) is 2.17. The molecule has 2 aromatic carbocycles. The van der Waals surface area contributed by atoms with Crippen molar-refractivity contribution in [3.05, 3.63) is 101 Å². The van der Waals surface area contributed by atoms with E-state index in [-0.39, 0.29) is 5.56 Å². The average molecular weight is 517 g/mol. The van der Waals surface area contributed by atoms with Crippen LogP contribution in [0.1, 0.15) is 35.6 Å². The van der Waals surface area contributed by atoms with Crippen LogP contribution in [0.5, 0.6) is 0 Å². The van der Waals surface area contributed by atoms with Crippen molar-refractivity contribution < 1.29 is 4.39 Å². The lowest BCUT2D eigenvalue weighted by molar-refractivity contribution is 0.249. The summed E-state index contributed by atoms with van der Waals surface area (Å²) >= 11 is 6.04. The number of nitrogens with zero attached hydrogens (tertiary/aromatic N) is 6. The molecule has 0 aliphatic carbocycles. The summed E-state index contributed by atoms with van der Waals surface area (Å²) in [4.78, 5) is 22.8. The molecule has 0 atom stereocenters. The van der Waals surface area contributed by atoms with Gasteiger partial charge in [0.2, 0.25) is 0 Å². The molecule has 1 fully saturated rings. The number of hydrogen-bond acceptors (Lipinski definition) is 6. The molecule has 0 saturated carbocycles. The van der Waals surface area contributed by atoms with Gasteiger partial charge in [-0.2, -0.15) is 0 Å². The first kappa shape index (κ1) is 25.2. The molecule has 0 spiro atoms. The number of hydrogen-bond donors (Lipinski definition) is 0. The van der Waals surface area contributed by atoms with Crippen LogP contribution in [0.25, 0.3) is 11.4 Å². The first-order valence-electron chi connectivity index (χ1n) is 12.5. The van der Waals surface area contributed by atoms with Crippen molar-refractivity contribution in [3.8, 4) is 11.4 Å². The first-order valence-corrected chi connectivity index (χ1v) is 12.9. The second-order valence-electron chi connectivity index (χ2n) is 9.66. The van der Waals surface area contributed by atoms with Gasteiger partial charge in [0.05, 0.1) is 17.0 Å². The first-order chi connectivity index (χ1) is 17.9. The lowest BCUT2D eigenvalue weighted by Crippen LogP contribution is -2.41. The van der Waals surface area contributed by atoms with Gasteiger partial charge in [0.1, 0.15) is 11.6 Å². The molecule has 6 nitrogen and oxygen atoms in total. The molecule has 0 unspecified atom stereocenters. The Morgan fingerprint density at radius 2 is 1.59 bits per heavy atom. The number of aromatic nitrogens is 4. The van der Waals surface area contributed by atoms with Crippen LogP contribution in [0.4, 0.5) is 10.1 Å². The summed E-state index contributed by atoms with van der Waals surface area (Å²) in [6, 6.07) is 17.5. The molecular formula is C29H30ClFN6. The molecule has 4 aromatic rings. The van der Waals surface area contributed by atoms with E-state index in [1.54, 1.807) is 12.4 Å². The zero-order valence-corrected chi connectivity index (χ0v) is 21.9. The fourth-order valence-corrected chi connectivity index (χ4v) is 4.92. The maximum absolute atomic E-state index is 14.3. The fraction of sp³-hybridized carbons (Fsp3) is 0.310. The Hall–Kier alpha value is -3.42. The molecule has 8 heteroatoms. The Bertz CT molecular complexity index is 1350. The molecule has 37 heavy (non-hydrogen) atoms. The normalized spacial score (nSPS) is 14.4. The van der Waals surface area contributed by atoms with E-state index in [2.05, 4.69) is 63.1 Å². The Labute approximate surface area is 222 Å². The topological polar surface area (TPSA) is 58.0 Å². The highest BCUT2D eigenvalue weighted by Gasteiger charge is 2.20. The highest BCUT2D eigenvalue weighted by Crippen LogP contribution is 2.24. The molecule has 0 radical (unpaired) electrons. The van der Waals surface area contributed by atoms with E-state index in [0.29, 0.717) is 29.7 Å². The number of piperidine rings is 1. The summed E-state index contributed by atoms with van der Waals surface area (Å²) in [5.41, 5.74) is 4.32. The number of rotatable bonds is 7. The van der Waals surface area contributed by atoms with Crippen molar-refractivity contribution >= 4 is 17.3 Å². The van der Waals surface area contributed by atoms with Crippen molar-refractivity contribution in [2.24, 2.45) is 0 Å². The minimum absolute atomic E-state index is 0.281. The second kappa shape index (κ2) is 11.3. The number of anilines is 1. The molecular weight excluding hydrogens is 487 g/mol. The lowest BCUT2D eigenvalue weighted by Gasteiger charge is -2.36. The highest BCUT2D eigenvalue weighted by molar-refractivity contribution is 6.30. The predicted octanol–water partition coefficient (Wildman–Crippen LogP) is 5.44. The summed E-state index contributed by atoms with van der Waals surface area (Å²) in [5, 5.41) is 0.438. The van der Waals surface area contributed by atoms with E-state index in [1.807, 2.05) is 12.1 Å². The van der Waals surface area contributed by atoms with Crippen molar-refractivity contribution in [1.29, 1.82) is 0 Å². The molecule has 1 aliphatic rings. The van der Waals surface area contributed by atoms with Gasteiger partial charge in [0.15, 0.2) is 5.82 Å². The van der Waals surface area contributed by atoms with Gasteiger partial charge < -0.3 is 9.80 Å². The second-order valence-corrected chi connectivity index (χ2v) is 10.1. The monoisotopic (exact) mass is 516 g/mol.